The predicted octanol–water partition coefficient (Wildman–Crippen LogP) is 5.86. The average Bonchev–Trinajstić information content (AvgIpc) is 3.51. The number of rotatable bonds is 8. The summed E-state index contributed by atoms with van der Waals surface area (Å²) in [4.78, 5) is 15.8. The Bertz CT molecular complexity index is 1780. The van der Waals surface area contributed by atoms with Crippen molar-refractivity contribution in [2.24, 2.45) is 5.14 Å². The molecule has 1 aliphatic rings. The highest BCUT2D eigenvalue weighted by atomic mass is 32.2. The summed E-state index contributed by atoms with van der Waals surface area (Å²) in [5, 5.41) is 21.7. The lowest BCUT2D eigenvalue weighted by atomic mass is 9.95. The number of carboxylic acid groups (broad SMARTS) is 1. The van der Waals surface area contributed by atoms with Crippen LogP contribution in [-0.2, 0) is 21.6 Å². The number of carbonyl (C=O) groups is 1. The minimum absolute atomic E-state index is 0. The molecule has 6 rings (SSSR count). The van der Waals surface area contributed by atoms with E-state index in [4.69, 9.17) is 10.2 Å². The number of aromatic nitrogens is 3. The van der Waals surface area contributed by atoms with E-state index in [2.05, 4.69) is 4.98 Å². The van der Waals surface area contributed by atoms with Gasteiger partial charge < -0.3 is 10.6 Å². The van der Waals surface area contributed by atoms with Gasteiger partial charge >= 0.3 is 5.97 Å². The van der Waals surface area contributed by atoms with Gasteiger partial charge in [0.05, 0.1) is 11.4 Å². The molecule has 3 aromatic carbocycles. The van der Waals surface area contributed by atoms with Gasteiger partial charge in [0, 0.05) is 28.8 Å². The van der Waals surface area contributed by atoms with Crippen LogP contribution in [0.1, 0.15) is 46.1 Å². The molecular weight excluding hydrogens is 570 g/mol. The van der Waals surface area contributed by atoms with Gasteiger partial charge in [-0.05, 0) is 59.9 Å². The Morgan fingerprint density at radius 3 is 2.41 bits per heavy atom. The molecule has 210 valence electrons. The van der Waals surface area contributed by atoms with Crippen LogP contribution in [0.2, 0.25) is 0 Å². The molecule has 2 aromatic heterocycles. The van der Waals surface area contributed by atoms with E-state index in [-0.39, 0.29) is 27.8 Å². The molecule has 0 bridgehead atoms. The Morgan fingerprint density at radius 1 is 1.05 bits per heavy atom. The van der Waals surface area contributed by atoms with Crippen LogP contribution in [-0.4, -0.2) is 31.3 Å². The van der Waals surface area contributed by atoms with Crippen LogP contribution in [0.15, 0.2) is 77.0 Å². The second kappa shape index (κ2) is 11.4. The molecule has 0 spiro atoms. The first kappa shape index (κ1) is 28.4. The first-order valence-electron chi connectivity index (χ1n) is 12.5. The Labute approximate surface area is 240 Å². The van der Waals surface area contributed by atoms with Crippen LogP contribution >= 0.6 is 11.3 Å². The van der Waals surface area contributed by atoms with Crippen LogP contribution in [0.25, 0.3) is 27.5 Å². The van der Waals surface area contributed by atoms with Crippen LogP contribution in [0.4, 0.5) is 8.78 Å². The maximum Gasteiger partial charge on any atom is 0.355 e. The zero-order chi connectivity index (χ0) is 28.0. The van der Waals surface area contributed by atoms with E-state index < -0.39 is 22.8 Å². The SMILES string of the molecule is N[SH+](=O)c1ccc(Cc2c(-c3cccc(-c4ccc(F)cc4)c3)nn(-c3nc(C(=O)O)cs3)c2C2CC2)cc1F.[OH-]. The predicted molar refractivity (Wildman–Crippen MR) is 152 cm³/mol. The minimum Gasteiger partial charge on any atom is -0.870 e. The molecular formula is C29H24F2N4O4S2. The number of carboxylic acids is 1. The molecule has 0 aliphatic heterocycles. The van der Waals surface area contributed by atoms with E-state index in [1.165, 1.54) is 41.0 Å². The minimum atomic E-state index is -2.31. The Balaban J connectivity index is 0.00000337. The largest absolute Gasteiger partial charge is 0.870 e. The van der Waals surface area contributed by atoms with E-state index in [0.29, 0.717) is 22.8 Å². The third-order valence-electron chi connectivity index (χ3n) is 6.82. The molecule has 4 N–H and O–H groups in total. The van der Waals surface area contributed by atoms with Crippen molar-refractivity contribution in [1.82, 2.24) is 14.8 Å². The molecule has 0 radical (unpaired) electrons. The lowest BCUT2D eigenvalue weighted by molar-refractivity contribution is 0.0691. The molecule has 1 aliphatic carbocycles. The fourth-order valence-corrected chi connectivity index (χ4v) is 6.04. The van der Waals surface area contributed by atoms with Crippen molar-refractivity contribution in [2.45, 2.75) is 30.1 Å². The smallest absolute Gasteiger partial charge is 0.355 e. The number of thiazole rings is 1. The third kappa shape index (κ3) is 5.72. The monoisotopic (exact) mass is 594 g/mol. The van der Waals surface area contributed by atoms with E-state index in [0.717, 1.165) is 40.8 Å². The highest BCUT2D eigenvalue weighted by Gasteiger charge is 2.34. The molecule has 1 unspecified atom stereocenters. The number of aromatic carboxylic acids is 1. The van der Waals surface area contributed by atoms with Gasteiger partial charge in [0.1, 0.15) is 5.82 Å². The summed E-state index contributed by atoms with van der Waals surface area (Å²) in [5.74, 6) is -1.88. The van der Waals surface area contributed by atoms with Gasteiger partial charge in [-0.3, -0.25) is 0 Å². The number of benzene rings is 3. The molecule has 1 atom stereocenters. The highest BCUT2D eigenvalue weighted by Crippen LogP contribution is 2.46. The quantitative estimate of drug-likeness (QED) is 0.170. The molecule has 2 heterocycles. The molecule has 12 heteroatoms. The van der Waals surface area contributed by atoms with Crippen molar-refractivity contribution in [2.75, 3.05) is 0 Å². The van der Waals surface area contributed by atoms with Crippen molar-refractivity contribution < 1.29 is 28.4 Å². The first-order chi connectivity index (χ1) is 19.3. The number of thiol groups is 1. The Hall–Kier alpha value is -4.10. The second-order valence-electron chi connectivity index (χ2n) is 9.59. The molecule has 1 saturated carbocycles. The summed E-state index contributed by atoms with van der Waals surface area (Å²) in [6.45, 7) is 0. The van der Waals surface area contributed by atoms with Crippen molar-refractivity contribution in [3.8, 4) is 27.5 Å². The number of nitrogens with zero attached hydrogens (tertiary/aromatic N) is 3. The van der Waals surface area contributed by atoms with E-state index in [9.17, 15) is 22.9 Å². The first-order valence-corrected chi connectivity index (χ1v) is 14.7. The zero-order valence-electron chi connectivity index (χ0n) is 21.4. The third-order valence-corrected chi connectivity index (χ3v) is 8.48. The average molecular weight is 595 g/mol. The van der Waals surface area contributed by atoms with Crippen molar-refractivity contribution in [1.29, 1.82) is 0 Å². The van der Waals surface area contributed by atoms with Gasteiger partial charge in [-0.15, -0.1) is 16.5 Å². The second-order valence-corrected chi connectivity index (χ2v) is 11.6. The number of hydrogen-bond acceptors (Lipinski definition) is 6. The van der Waals surface area contributed by atoms with E-state index in [1.54, 1.807) is 22.9 Å². The summed E-state index contributed by atoms with van der Waals surface area (Å²) < 4.78 is 41.7. The molecule has 0 saturated heterocycles. The maximum atomic E-state index is 14.7. The normalized spacial score (nSPS) is 13.5. The zero-order valence-corrected chi connectivity index (χ0v) is 23.1. The van der Waals surface area contributed by atoms with Crippen molar-refractivity contribution in [3.63, 3.8) is 0 Å². The summed E-state index contributed by atoms with van der Waals surface area (Å²) in [5.41, 5.74) is 5.54. The summed E-state index contributed by atoms with van der Waals surface area (Å²) >= 11 is 1.19. The summed E-state index contributed by atoms with van der Waals surface area (Å²) in [6, 6.07) is 18.4. The Morgan fingerprint density at radius 2 is 1.78 bits per heavy atom. The number of hydrogen-bond donors (Lipinski definition) is 2. The maximum absolute atomic E-state index is 14.7. The summed E-state index contributed by atoms with van der Waals surface area (Å²) in [6.07, 6.45) is 2.20. The van der Waals surface area contributed by atoms with Gasteiger partial charge in [-0.25, -0.2) is 23.2 Å². The molecule has 1 fully saturated rings. The van der Waals surface area contributed by atoms with Gasteiger partial charge in [0.25, 0.3) is 0 Å². The van der Waals surface area contributed by atoms with Crippen LogP contribution in [0.5, 0.6) is 0 Å². The lowest BCUT2D eigenvalue weighted by Gasteiger charge is -2.09. The number of halogens is 2. The molecule has 41 heavy (non-hydrogen) atoms. The van der Waals surface area contributed by atoms with Crippen LogP contribution in [0, 0.1) is 11.6 Å². The van der Waals surface area contributed by atoms with E-state index >= 15 is 0 Å². The van der Waals surface area contributed by atoms with Crippen LogP contribution in [0.3, 0.4) is 0 Å². The van der Waals surface area contributed by atoms with E-state index in [1.807, 2.05) is 24.3 Å². The van der Waals surface area contributed by atoms with Gasteiger partial charge in [-0.1, -0.05) is 40.6 Å². The van der Waals surface area contributed by atoms with Crippen LogP contribution < -0.4 is 5.14 Å². The van der Waals surface area contributed by atoms with Gasteiger partial charge in [0.15, 0.2) is 22.5 Å². The van der Waals surface area contributed by atoms with Crippen molar-refractivity contribution in [3.05, 3.63) is 106 Å². The lowest BCUT2D eigenvalue weighted by Crippen LogP contribution is -2.06. The molecule has 0 amide bonds. The summed E-state index contributed by atoms with van der Waals surface area (Å²) in [7, 11) is -2.31. The fourth-order valence-electron chi connectivity index (χ4n) is 4.78. The number of nitrogens with two attached hydrogens (primary N) is 1. The molecule has 8 nitrogen and oxygen atoms in total. The van der Waals surface area contributed by atoms with Gasteiger partial charge in [0.2, 0.25) is 10.0 Å². The Kier molecular flexibility index (Phi) is 7.91. The topological polar surface area (TPSA) is 141 Å². The van der Waals surface area contributed by atoms with Gasteiger partial charge in [-0.2, -0.15) is 5.10 Å². The van der Waals surface area contributed by atoms with Crippen molar-refractivity contribution >= 4 is 28.3 Å². The standard InChI is InChI=1S/C29H22F2N4O3S2.H2O/c30-21-9-7-17(8-10-21)19-2-1-3-20(14-19)26-22(12-16-4-11-25(40(32)38)23(31)13-16)27(18-5-6-18)35(34-26)29-33-24(15-39-29)28(36)37;/h1-4,7-11,13-15,18H,5-6,12H2,(H2,32,38)(H,36,37);1H2. The highest BCUT2D eigenvalue weighted by molar-refractivity contribution is 7.82. The molecule has 5 aromatic rings. The fraction of sp³-hybridized carbons (Fsp3) is 0.138.